The van der Waals surface area contributed by atoms with Crippen LogP contribution in [0, 0.1) is 0 Å². The lowest BCUT2D eigenvalue weighted by molar-refractivity contribution is -0.161. The van der Waals surface area contributed by atoms with E-state index in [0.717, 1.165) is 122 Å². The van der Waals surface area contributed by atoms with Crippen molar-refractivity contribution in [2.75, 3.05) is 39.6 Å². The topological polar surface area (TPSA) is 231 Å². The molecule has 0 aliphatic heterocycles. The van der Waals surface area contributed by atoms with E-state index in [4.69, 9.17) is 32.3 Å². The molecule has 4 N–H and O–H groups in total. The molecule has 0 bridgehead atoms. The van der Waals surface area contributed by atoms with Crippen LogP contribution in [0.5, 0.6) is 0 Å². The Morgan fingerprint density at radius 2 is 0.545 bits per heavy atom. The predicted octanol–water partition coefficient (Wildman–Crippen LogP) is 22.9. The largest absolute Gasteiger partial charge is 0.472 e. The molecule has 0 fully saturated rings. The number of allylic oxidation sites excluding steroid dienone is 24. The van der Waals surface area contributed by atoms with Gasteiger partial charge in [-0.05, 0) is 109 Å². The molecule has 101 heavy (non-hydrogen) atoms. The summed E-state index contributed by atoms with van der Waals surface area (Å²) in [6.45, 7) is 2.37. The Labute approximate surface area is 613 Å². The zero-order chi connectivity index (χ0) is 73.7. The lowest BCUT2D eigenvalue weighted by atomic mass is 10.0. The van der Waals surface area contributed by atoms with Gasteiger partial charge in [0.05, 0.1) is 26.4 Å². The second-order valence-corrected chi connectivity index (χ2v) is 28.7. The van der Waals surface area contributed by atoms with Gasteiger partial charge in [0.2, 0.25) is 0 Å². The van der Waals surface area contributed by atoms with Gasteiger partial charge in [0.15, 0.2) is 6.10 Å². The van der Waals surface area contributed by atoms with Gasteiger partial charge in [-0.3, -0.25) is 32.5 Å². The van der Waals surface area contributed by atoms with Crippen molar-refractivity contribution in [1.82, 2.24) is 0 Å². The molecule has 0 aromatic heterocycles. The van der Waals surface area contributed by atoms with Crippen LogP contribution in [0.1, 0.15) is 303 Å². The third kappa shape index (κ3) is 76.4. The van der Waals surface area contributed by atoms with Gasteiger partial charge in [-0.1, -0.05) is 321 Å². The third-order valence-corrected chi connectivity index (χ3v) is 18.0. The van der Waals surface area contributed by atoms with E-state index in [-0.39, 0.29) is 19.3 Å². The van der Waals surface area contributed by atoms with Gasteiger partial charge in [0, 0.05) is 19.3 Å². The van der Waals surface area contributed by atoms with Crippen LogP contribution in [0.3, 0.4) is 0 Å². The normalized spacial score (nSPS) is 14.8. The third-order valence-electron chi connectivity index (χ3n) is 16.1. The summed E-state index contributed by atoms with van der Waals surface area (Å²) in [5.74, 6) is -1.67. The minimum Gasteiger partial charge on any atom is -0.463 e. The highest BCUT2D eigenvalue weighted by atomic mass is 31.2. The molecule has 0 rings (SSSR count). The first-order valence-corrected chi connectivity index (χ1v) is 42.1. The van der Waals surface area contributed by atoms with E-state index in [2.05, 4.69) is 148 Å². The first-order chi connectivity index (χ1) is 49.2. The lowest BCUT2D eigenvalue weighted by Crippen LogP contribution is -2.30. The molecule has 5 unspecified atom stereocenters. The van der Waals surface area contributed by atoms with E-state index in [1.165, 1.54) is 116 Å². The molecule has 0 heterocycles. The minimum absolute atomic E-state index is 0.0444. The molecule has 0 amide bonds. The minimum atomic E-state index is -4.94. The van der Waals surface area contributed by atoms with Crippen LogP contribution in [0.4, 0.5) is 0 Å². The molecule has 0 saturated heterocycles. The number of rotatable bonds is 73. The summed E-state index contributed by atoms with van der Waals surface area (Å²) in [6, 6.07) is 0. The van der Waals surface area contributed by atoms with Gasteiger partial charge in [-0.2, -0.15) is 0 Å². The van der Waals surface area contributed by atoms with Crippen molar-refractivity contribution < 1.29 is 75.8 Å². The Kier molecular flexibility index (Phi) is 71.7. The van der Waals surface area contributed by atoms with Crippen molar-refractivity contribution in [3.05, 3.63) is 146 Å². The van der Waals surface area contributed by atoms with E-state index in [0.29, 0.717) is 25.7 Å². The fraction of sp³-hybridized carbons (Fsp3) is 0.675. The van der Waals surface area contributed by atoms with Crippen LogP contribution in [-0.4, -0.2) is 95.9 Å². The summed E-state index contributed by atoms with van der Waals surface area (Å²) in [4.78, 5) is 58.5. The van der Waals surface area contributed by atoms with Crippen LogP contribution in [0.15, 0.2) is 146 Å². The number of carbonyl (C=O) groups is 3. The lowest BCUT2D eigenvalue weighted by Gasteiger charge is -2.21. The van der Waals surface area contributed by atoms with Crippen LogP contribution in [0.25, 0.3) is 0 Å². The molecule has 0 aromatic rings. The molecule has 0 aliphatic rings. The Balaban J connectivity index is 4.46. The molecule has 0 radical (unpaired) electrons. The van der Waals surface area contributed by atoms with Crippen LogP contribution in [-0.2, 0) is 55.8 Å². The Morgan fingerprint density at radius 1 is 0.287 bits per heavy atom. The molecule has 0 aromatic carbocycles. The summed E-state index contributed by atoms with van der Waals surface area (Å²) in [6.07, 6.45) is 92.1. The fourth-order valence-corrected chi connectivity index (χ4v) is 11.8. The molecule has 5 atom stereocenters. The van der Waals surface area contributed by atoms with Gasteiger partial charge in [-0.15, -0.1) is 0 Å². The summed E-state index contributed by atoms with van der Waals surface area (Å²) in [7, 11) is -9.80. The number of unbranched alkanes of at least 4 members (excludes halogenated alkanes) is 26. The van der Waals surface area contributed by atoms with Crippen molar-refractivity contribution in [3.8, 4) is 0 Å². The summed E-state index contributed by atoms with van der Waals surface area (Å²) >= 11 is 0. The molecule has 0 spiro atoms. The molecule has 578 valence electrons. The second kappa shape index (κ2) is 75.1. The number of aliphatic hydroxyl groups excluding tert-OH is 2. The van der Waals surface area contributed by atoms with Crippen molar-refractivity contribution in [2.45, 2.75) is 322 Å². The second-order valence-electron chi connectivity index (χ2n) is 25.8. The summed E-state index contributed by atoms with van der Waals surface area (Å²) in [5.41, 5.74) is 0. The molecular formula is C83H140O16P2. The molecule has 0 aliphatic carbocycles. The maximum atomic E-state index is 12.9. The van der Waals surface area contributed by atoms with Crippen molar-refractivity contribution in [2.24, 2.45) is 0 Å². The quantitative estimate of drug-likeness (QED) is 0.0146. The van der Waals surface area contributed by atoms with Gasteiger partial charge >= 0.3 is 33.6 Å². The maximum absolute atomic E-state index is 12.9. The van der Waals surface area contributed by atoms with Crippen molar-refractivity contribution in [3.63, 3.8) is 0 Å². The van der Waals surface area contributed by atoms with Crippen LogP contribution >= 0.6 is 15.6 Å². The Bertz CT molecular complexity index is 2420. The number of hydrogen-bond acceptors (Lipinski definition) is 14. The zero-order valence-corrected chi connectivity index (χ0v) is 64.8. The monoisotopic (exact) mass is 1450 g/mol. The van der Waals surface area contributed by atoms with E-state index >= 15 is 0 Å². The number of ether oxygens (including phenoxy) is 3. The predicted molar refractivity (Wildman–Crippen MR) is 417 cm³/mol. The first kappa shape index (κ1) is 96.4. The van der Waals surface area contributed by atoms with Gasteiger partial charge in [0.1, 0.15) is 25.4 Å². The van der Waals surface area contributed by atoms with E-state index < -0.39 is 91.5 Å². The summed E-state index contributed by atoms with van der Waals surface area (Å²) in [5, 5.41) is 20.6. The molecular weight excluding hydrogens is 1310 g/mol. The number of phosphoric acid groups is 2. The van der Waals surface area contributed by atoms with Crippen LogP contribution < -0.4 is 0 Å². The zero-order valence-electron chi connectivity index (χ0n) is 63.0. The standard InChI is InChI=1S/C83H140O16P2/c1-4-7-10-13-16-19-22-25-27-29-31-32-33-34-35-36-37-38-39-40-41-42-43-44-46-48-49-52-54-57-60-63-66-69-81(86)93-72-78(84)73-95-100(89,90)96-74-79(85)75-97-101(91,92)98-77-80(99-83(88)71-68-65-62-59-56-51-24-21-18-15-12-9-6-3)76-94-82(87)70-67-64-61-58-55-53-50-47-45-30-28-26-23-20-17-14-11-8-5-2/h7-8,10-11,16-17,19-20,25-28,31-32,34-35,37-38,45,47,53,55,61,64,78-80,84-85H,4-6,9,12-15,18,21-24,29-30,33,36,39-44,46,48-52,54,56-60,62-63,65-77H2,1-3H3,(H,89,90)(H,91,92)/b10-7-,11-8-,19-16-,20-17-,27-25-,28-26-,32-31-,35-34-,38-37-,47-45-,55-53-,64-61-. The van der Waals surface area contributed by atoms with Gasteiger partial charge in [0.25, 0.3) is 0 Å². The first-order valence-electron chi connectivity index (χ1n) is 39.1. The Morgan fingerprint density at radius 3 is 0.891 bits per heavy atom. The number of hydrogen-bond donors (Lipinski definition) is 4. The molecule has 18 heteroatoms. The number of esters is 3. The number of phosphoric ester groups is 2. The van der Waals surface area contributed by atoms with Gasteiger partial charge in [-0.25, -0.2) is 9.13 Å². The van der Waals surface area contributed by atoms with Gasteiger partial charge < -0.3 is 34.2 Å². The van der Waals surface area contributed by atoms with E-state index in [9.17, 15) is 43.5 Å². The number of aliphatic hydroxyl groups is 2. The maximum Gasteiger partial charge on any atom is 0.472 e. The smallest absolute Gasteiger partial charge is 0.463 e. The number of carbonyl (C=O) groups excluding carboxylic acids is 3. The SMILES string of the molecule is CC/C=C\C/C=C\C/C=C\C/C=C\C/C=C\C/C=C\CCCCCCCCCCCCCCCCC(=O)OCC(O)COP(=O)(O)OCC(O)COP(=O)(O)OCC(COC(=O)CC/C=C\C/C=C\C/C=C\C/C=C\C/C=C\C/C=C\CC)OC(=O)CCCCCCCCCCCCCCC. The van der Waals surface area contributed by atoms with Crippen molar-refractivity contribution in [1.29, 1.82) is 0 Å². The molecule has 0 saturated carbocycles. The highest BCUT2D eigenvalue weighted by Crippen LogP contribution is 2.45. The van der Waals surface area contributed by atoms with Crippen molar-refractivity contribution >= 4 is 33.6 Å². The summed E-state index contributed by atoms with van der Waals surface area (Å²) < 4.78 is 61.0. The molecule has 16 nitrogen and oxygen atoms in total. The van der Waals surface area contributed by atoms with Crippen LogP contribution in [0.2, 0.25) is 0 Å². The average Bonchev–Trinajstić information content (AvgIpc) is 0.933. The van der Waals surface area contributed by atoms with E-state index in [1.807, 2.05) is 18.2 Å². The Hall–Kier alpha value is -4.57. The highest BCUT2D eigenvalue weighted by molar-refractivity contribution is 7.47. The highest BCUT2D eigenvalue weighted by Gasteiger charge is 2.29. The van der Waals surface area contributed by atoms with E-state index in [1.54, 1.807) is 0 Å². The fourth-order valence-electron chi connectivity index (χ4n) is 10.2. The average molecular weight is 1460 g/mol.